The number of hydrogen-bond acceptors (Lipinski definition) is 3. The van der Waals surface area contributed by atoms with Gasteiger partial charge in [-0.05, 0) is 54.4 Å². The number of halogens is 3. The molecule has 0 saturated carbocycles. The van der Waals surface area contributed by atoms with Crippen LogP contribution in [0.15, 0.2) is 65.1 Å². The Hall–Kier alpha value is -2.89. The fourth-order valence-corrected chi connectivity index (χ4v) is 3.55. The van der Waals surface area contributed by atoms with Crippen LogP contribution in [0.4, 0.5) is 4.39 Å². The molecule has 0 unspecified atom stereocenters. The zero-order valence-corrected chi connectivity index (χ0v) is 16.6. The number of benzene rings is 3. The number of carbonyl (C=O) groups excluding carboxylic acids is 1. The molecule has 1 N–H and O–H groups in total. The fourth-order valence-electron chi connectivity index (χ4n) is 2.99. The van der Waals surface area contributed by atoms with Crippen molar-refractivity contribution >= 4 is 40.2 Å². The van der Waals surface area contributed by atoms with Crippen molar-refractivity contribution in [3.8, 4) is 11.5 Å². The minimum absolute atomic E-state index is 0.253. The first kappa shape index (κ1) is 19.4. The first-order chi connectivity index (χ1) is 14.0. The van der Waals surface area contributed by atoms with E-state index in [2.05, 4.69) is 10.3 Å². The van der Waals surface area contributed by atoms with Crippen LogP contribution in [0.3, 0.4) is 0 Å². The minimum atomic E-state index is -0.293. The van der Waals surface area contributed by atoms with Crippen LogP contribution in [-0.4, -0.2) is 17.4 Å². The van der Waals surface area contributed by atoms with Crippen LogP contribution in [0, 0.1) is 5.82 Å². The van der Waals surface area contributed by atoms with Gasteiger partial charge in [-0.3, -0.25) is 4.79 Å². The molecule has 29 heavy (non-hydrogen) atoms. The highest BCUT2D eigenvalue weighted by atomic mass is 35.5. The van der Waals surface area contributed by atoms with Gasteiger partial charge in [0.05, 0.1) is 15.6 Å². The van der Waals surface area contributed by atoms with Crippen molar-refractivity contribution in [2.45, 2.75) is 6.42 Å². The van der Waals surface area contributed by atoms with Crippen molar-refractivity contribution in [2.75, 3.05) is 6.54 Å². The Morgan fingerprint density at radius 3 is 2.55 bits per heavy atom. The number of oxazole rings is 1. The summed E-state index contributed by atoms with van der Waals surface area (Å²) < 4.78 is 19.0. The molecule has 7 heteroatoms. The number of hydrogen-bond donors (Lipinski definition) is 1. The van der Waals surface area contributed by atoms with Crippen LogP contribution in [0.1, 0.15) is 15.9 Å². The first-order valence-corrected chi connectivity index (χ1v) is 9.64. The molecule has 0 atom stereocenters. The lowest BCUT2D eigenvalue weighted by molar-refractivity contribution is 0.0954. The monoisotopic (exact) mass is 428 g/mol. The molecule has 0 radical (unpaired) electrons. The molecular formula is C22H15Cl2FN2O2. The molecule has 4 rings (SSSR count). The maximum absolute atomic E-state index is 13.2. The van der Waals surface area contributed by atoms with E-state index in [1.54, 1.807) is 42.5 Å². The van der Waals surface area contributed by atoms with Crippen LogP contribution < -0.4 is 5.32 Å². The molecule has 146 valence electrons. The molecule has 4 nitrogen and oxygen atoms in total. The van der Waals surface area contributed by atoms with Gasteiger partial charge >= 0.3 is 0 Å². The average Bonchev–Trinajstić information content (AvgIpc) is 3.10. The third kappa shape index (κ3) is 4.26. The topological polar surface area (TPSA) is 55.1 Å². The second-order valence-electron chi connectivity index (χ2n) is 6.43. The highest BCUT2D eigenvalue weighted by Crippen LogP contribution is 2.35. The van der Waals surface area contributed by atoms with Gasteiger partial charge in [0.1, 0.15) is 11.3 Å². The SMILES string of the molecule is O=C(NCCc1cccc(F)c1)c1ccc2nc(-c3c(Cl)cccc3Cl)oc2c1. The molecule has 4 aromatic rings. The lowest BCUT2D eigenvalue weighted by Gasteiger charge is -2.05. The Labute approximate surface area is 176 Å². The molecule has 0 bridgehead atoms. The quantitative estimate of drug-likeness (QED) is 0.429. The summed E-state index contributed by atoms with van der Waals surface area (Å²) in [5, 5.41) is 3.68. The molecule has 0 aliphatic carbocycles. The third-order valence-electron chi connectivity index (χ3n) is 4.42. The summed E-state index contributed by atoms with van der Waals surface area (Å²) in [4.78, 5) is 16.9. The Bertz CT molecular complexity index is 1190. The number of amides is 1. The van der Waals surface area contributed by atoms with E-state index in [0.29, 0.717) is 51.1 Å². The van der Waals surface area contributed by atoms with E-state index in [1.165, 1.54) is 12.1 Å². The van der Waals surface area contributed by atoms with Gasteiger partial charge < -0.3 is 9.73 Å². The Kier molecular flexibility index (Phi) is 5.51. The summed E-state index contributed by atoms with van der Waals surface area (Å²) in [6.45, 7) is 0.386. The van der Waals surface area contributed by atoms with Gasteiger partial charge in [0.25, 0.3) is 5.91 Å². The predicted octanol–water partition coefficient (Wildman–Crippen LogP) is 5.91. The second kappa shape index (κ2) is 8.23. The van der Waals surface area contributed by atoms with Gasteiger partial charge in [-0.25, -0.2) is 9.37 Å². The number of carbonyl (C=O) groups is 1. The predicted molar refractivity (Wildman–Crippen MR) is 112 cm³/mol. The van der Waals surface area contributed by atoms with Crippen molar-refractivity contribution < 1.29 is 13.6 Å². The summed E-state index contributed by atoms with van der Waals surface area (Å²) in [5.41, 5.74) is 2.80. The van der Waals surface area contributed by atoms with Crippen LogP contribution in [0.25, 0.3) is 22.6 Å². The molecule has 3 aromatic carbocycles. The normalized spacial score (nSPS) is 11.0. The highest BCUT2D eigenvalue weighted by Gasteiger charge is 2.16. The molecule has 0 aliphatic rings. The molecular weight excluding hydrogens is 414 g/mol. The minimum Gasteiger partial charge on any atom is -0.436 e. The van der Waals surface area contributed by atoms with E-state index >= 15 is 0 Å². The molecule has 1 aromatic heterocycles. The van der Waals surface area contributed by atoms with Gasteiger partial charge in [0.2, 0.25) is 5.89 Å². The lowest BCUT2D eigenvalue weighted by atomic mass is 10.1. The highest BCUT2D eigenvalue weighted by molar-refractivity contribution is 6.38. The first-order valence-electron chi connectivity index (χ1n) is 8.89. The van der Waals surface area contributed by atoms with Gasteiger partial charge in [0, 0.05) is 12.1 Å². The van der Waals surface area contributed by atoms with Crippen molar-refractivity contribution in [1.82, 2.24) is 10.3 Å². The second-order valence-corrected chi connectivity index (χ2v) is 7.25. The van der Waals surface area contributed by atoms with Gasteiger partial charge in [-0.15, -0.1) is 0 Å². The van der Waals surface area contributed by atoms with Crippen molar-refractivity contribution in [1.29, 1.82) is 0 Å². The summed E-state index contributed by atoms with van der Waals surface area (Å²) >= 11 is 12.4. The average molecular weight is 429 g/mol. The zero-order valence-electron chi connectivity index (χ0n) is 15.1. The van der Waals surface area contributed by atoms with Crippen molar-refractivity contribution in [3.05, 3.63) is 87.7 Å². The largest absolute Gasteiger partial charge is 0.436 e. The smallest absolute Gasteiger partial charge is 0.251 e. The van der Waals surface area contributed by atoms with E-state index in [9.17, 15) is 9.18 Å². The molecule has 1 heterocycles. The van der Waals surface area contributed by atoms with E-state index in [1.807, 2.05) is 6.07 Å². The maximum Gasteiger partial charge on any atom is 0.251 e. The van der Waals surface area contributed by atoms with Crippen molar-refractivity contribution in [3.63, 3.8) is 0 Å². The maximum atomic E-state index is 13.2. The van der Waals surface area contributed by atoms with E-state index < -0.39 is 0 Å². The zero-order chi connectivity index (χ0) is 20.4. The van der Waals surface area contributed by atoms with Gasteiger partial charge in [-0.2, -0.15) is 0 Å². The van der Waals surface area contributed by atoms with Gasteiger partial charge in [0.15, 0.2) is 5.58 Å². The van der Waals surface area contributed by atoms with E-state index in [0.717, 1.165) is 5.56 Å². The fraction of sp³-hybridized carbons (Fsp3) is 0.0909. The number of rotatable bonds is 5. The van der Waals surface area contributed by atoms with Crippen LogP contribution in [0.2, 0.25) is 10.0 Å². The lowest BCUT2D eigenvalue weighted by Crippen LogP contribution is -2.25. The summed E-state index contributed by atoms with van der Waals surface area (Å²) in [5.74, 6) is -0.254. The Morgan fingerprint density at radius 2 is 1.79 bits per heavy atom. The summed E-state index contributed by atoms with van der Waals surface area (Å²) in [6.07, 6.45) is 0.531. The van der Waals surface area contributed by atoms with E-state index in [4.69, 9.17) is 27.6 Å². The van der Waals surface area contributed by atoms with Crippen LogP contribution in [0.5, 0.6) is 0 Å². The standard InChI is InChI=1S/C22H15Cl2FN2O2/c23-16-5-2-6-17(24)20(16)22-27-18-8-7-14(12-19(18)29-22)21(28)26-10-9-13-3-1-4-15(25)11-13/h1-8,11-12H,9-10H2,(H,26,28). The molecule has 0 fully saturated rings. The molecule has 1 amide bonds. The third-order valence-corrected chi connectivity index (χ3v) is 5.05. The number of nitrogens with one attached hydrogen (secondary N) is 1. The number of aromatic nitrogens is 1. The van der Waals surface area contributed by atoms with E-state index in [-0.39, 0.29) is 11.7 Å². The summed E-state index contributed by atoms with van der Waals surface area (Å²) in [7, 11) is 0. The Morgan fingerprint density at radius 1 is 1.03 bits per heavy atom. The molecule has 0 saturated heterocycles. The number of nitrogens with zero attached hydrogens (tertiary/aromatic N) is 1. The Balaban J connectivity index is 1.50. The van der Waals surface area contributed by atoms with Crippen LogP contribution >= 0.6 is 23.2 Å². The van der Waals surface area contributed by atoms with Gasteiger partial charge in [-0.1, -0.05) is 41.4 Å². The molecule has 0 aliphatic heterocycles. The summed E-state index contributed by atoms with van der Waals surface area (Å²) in [6, 6.07) is 16.4. The van der Waals surface area contributed by atoms with Crippen molar-refractivity contribution in [2.24, 2.45) is 0 Å². The molecule has 0 spiro atoms. The number of fused-ring (bicyclic) bond motifs is 1. The van der Waals surface area contributed by atoms with Crippen LogP contribution in [-0.2, 0) is 6.42 Å².